The van der Waals surface area contributed by atoms with Crippen molar-refractivity contribution in [1.82, 2.24) is 0 Å². The van der Waals surface area contributed by atoms with Crippen LogP contribution in [0.25, 0.3) is 0 Å². The highest BCUT2D eigenvalue weighted by atomic mass is 35.5. The highest BCUT2D eigenvalue weighted by molar-refractivity contribution is 6.46. The average Bonchev–Trinajstić information content (AvgIpc) is 2.01. The minimum atomic E-state index is -0.668. The summed E-state index contributed by atoms with van der Waals surface area (Å²) in [6.07, 6.45) is 1.71. The Labute approximate surface area is 106 Å². The Bertz CT molecular complexity index is 247. The fraction of sp³-hybridized carbons (Fsp3) is 0.700. The zero-order chi connectivity index (χ0) is 12.1. The third-order valence-electron chi connectivity index (χ3n) is 1.81. The van der Waals surface area contributed by atoms with E-state index in [0.29, 0.717) is 11.6 Å². The van der Waals surface area contributed by atoms with Crippen LogP contribution in [0.15, 0.2) is 11.1 Å². The average molecular weight is 274 g/mol. The number of ether oxygens (including phenoxy) is 1. The SMILES string of the molecule is CCOC(=O)CC(C)(C)C(Cl)=CC(Cl)Cl. The summed E-state index contributed by atoms with van der Waals surface area (Å²) < 4.78 is 4.84. The third-order valence-corrected chi connectivity index (χ3v) is 2.70. The van der Waals surface area contributed by atoms with E-state index in [1.165, 1.54) is 6.08 Å². The highest BCUT2D eigenvalue weighted by Crippen LogP contribution is 2.34. The molecule has 0 radical (unpaired) electrons. The van der Waals surface area contributed by atoms with Crippen LogP contribution in [-0.2, 0) is 9.53 Å². The van der Waals surface area contributed by atoms with Crippen LogP contribution < -0.4 is 0 Å². The van der Waals surface area contributed by atoms with Crippen molar-refractivity contribution in [3.05, 3.63) is 11.1 Å². The quantitative estimate of drug-likeness (QED) is 0.561. The second kappa shape index (κ2) is 6.62. The zero-order valence-electron chi connectivity index (χ0n) is 9.02. The second-order valence-corrected chi connectivity index (χ2v) is 5.29. The Morgan fingerprint density at radius 3 is 2.40 bits per heavy atom. The van der Waals surface area contributed by atoms with E-state index >= 15 is 0 Å². The van der Waals surface area contributed by atoms with Crippen molar-refractivity contribution >= 4 is 40.8 Å². The molecule has 0 unspecified atom stereocenters. The molecule has 0 aliphatic heterocycles. The molecule has 0 saturated heterocycles. The number of carbonyl (C=O) groups excluding carboxylic acids is 1. The van der Waals surface area contributed by atoms with Crippen LogP contribution >= 0.6 is 34.8 Å². The molecule has 15 heavy (non-hydrogen) atoms. The number of alkyl halides is 2. The summed E-state index contributed by atoms with van der Waals surface area (Å²) in [7, 11) is 0. The summed E-state index contributed by atoms with van der Waals surface area (Å²) >= 11 is 17.1. The van der Waals surface area contributed by atoms with E-state index in [4.69, 9.17) is 39.5 Å². The molecule has 0 heterocycles. The number of esters is 1. The van der Waals surface area contributed by atoms with E-state index < -0.39 is 10.3 Å². The van der Waals surface area contributed by atoms with Gasteiger partial charge in [0.1, 0.15) is 4.84 Å². The first-order valence-electron chi connectivity index (χ1n) is 4.61. The van der Waals surface area contributed by atoms with Gasteiger partial charge in [-0.1, -0.05) is 25.4 Å². The van der Waals surface area contributed by atoms with Gasteiger partial charge in [-0.05, 0) is 13.0 Å². The lowest BCUT2D eigenvalue weighted by Gasteiger charge is -2.23. The number of rotatable bonds is 5. The van der Waals surface area contributed by atoms with E-state index in [2.05, 4.69) is 0 Å². The van der Waals surface area contributed by atoms with Gasteiger partial charge in [-0.3, -0.25) is 4.79 Å². The molecule has 0 aliphatic rings. The first kappa shape index (κ1) is 15.1. The number of halogens is 3. The Kier molecular flexibility index (Phi) is 6.65. The van der Waals surface area contributed by atoms with Crippen molar-refractivity contribution < 1.29 is 9.53 Å². The maximum absolute atomic E-state index is 11.3. The topological polar surface area (TPSA) is 26.3 Å². The van der Waals surface area contributed by atoms with Gasteiger partial charge in [0.2, 0.25) is 0 Å². The Hall–Kier alpha value is 0.0800. The van der Waals surface area contributed by atoms with Crippen molar-refractivity contribution in [1.29, 1.82) is 0 Å². The predicted octanol–water partition coefficient (Wildman–Crippen LogP) is 3.89. The molecule has 0 rings (SSSR count). The molecule has 0 amide bonds. The van der Waals surface area contributed by atoms with Crippen molar-refractivity contribution in [2.45, 2.75) is 32.0 Å². The summed E-state index contributed by atoms with van der Waals surface area (Å²) in [5.74, 6) is -0.283. The molecule has 0 aromatic rings. The lowest BCUT2D eigenvalue weighted by atomic mass is 9.88. The molecule has 0 bridgehead atoms. The van der Waals surface area contributed by atoms with Crippen LogP contribution in [0.1, 0.15) is 27.2 Å². The standard InChI is InChI=1S/C10H15Cl3O2/c1-4-15-9(14)6-10(2,3)7(11)5-8(12)13/h5,8H,4,6H2,1-3H3. The number of allylic oxidation sites excluding steroid dienone is 2. The largest absolute Gasteiger partial charge is 0.466 e. The summed E-state index contributed by atoms with van der Waals surface area (Å²) in [4.78, 5) is 10.6. The zero-order valence-corrected chi connectivity index (χ0v) is 11.3. The maximum atomic E-state index is 11.3. The van der Waals surface area contributed by atoms with E-state index in [1.54, 1.807) is 6.92 Å². The minimum Gasteiger partial charge on any atom is -0.466 e. The molecule has 0 fully saturated rings. The first-order valence-corrected chi connectivity index (χ1v) is 5.86. The van der Waals surface area contributed by atoms with Crippen LogP contribution in [0.5, 0.6) is 0 Å². The Morgan fingerprint density at radius 2 is 2.00 bits per heavy atom. The number of hydrogen-bond donors (Lipinski definition) is 0. The molecule has 2 nitrogen and oxygen atoms in total. The number of carbonyl (C=O) groups is 1. The van der Waals surface area contributed by atoms with Crippen LogP contribution in [0.3, 0.4) is 0 Å². The summed E-state index contributed by atoms with van der Waals surface area (Å²) in [6, 6.07) is 0. The summed E-state index contributed by atoms with van der Waals surface area (Å²) in [5, 5.41) is 0.463. The molecular weight excluding hydrogens is 258 g/mol. The van der Waals surface area contributed by atoms with Crippen LogP contribution in [0, 0.1) is 5.41 Å². The number of hydrogen-bond acceptors (Lipinski definition) is 2. The summed E-state index contributed by atoms with van der Waals surface area (Å²) in [5.41, 5.74) is -0.504. The van der Waals surface area contributed by atoms with E-state index in [9.17, 15) is 4.79 Å². The Morgan fingerprint density at radius 1 is 1.47 bits per heavy atom. The molecule has 0 spiro atoms. The molecule has 0 aromatic carbocycles. The molecule has 0 aromatic heterocycles. The van der Waals surface area contributed by atoms with Crippen molar-refractivity contribution in [3.63, 3.8) is 0 Å². The maximum Gasteiger partial charge on any atom is 0.306 e. The van der Waals surface area contributed by atoms with Gasteiger partial charge in [0.05, 0.1) is 13.0 Å². The van der Waals surface area contributed by atoms with Gasteiger partial charge in [0, 0.05) is 10.4 Å². The van der Waals surface area contributed by atoms with Crippen molar-refractivity contribution in [2.75, 3.05) is 6.61 Å². The molecule has 0 atom stereocenters. The fourth-order valence-electron chi connectivity index (χ4n) is 0.994. The van der Waals surface area contributed by atoms with E-state index in [1.807, 2.05) is 13.8 Å². The minimum absolute atomic E-state index is 0.205. The van der Waals surface area contributed by atoms with Gasteiger partial charge in [0.15, 0.2) is 0 Å². The third kappa shape index (κ3) is 6.29. The van der Waals surface area contributed by atoms with Crippen LogP contribution in [0.4, 0.5) is 0 Å². The predicted molar refractivity (Wildman–Crippen MR) is 64.5 cm³/mol. The fourth-order valence-corrected chi connectivity index (χ4v) is 1.57. The Balaban J connectivity index is 4.47. The van der Waals surface area contributed by atoms with Gasteiger partial charge in [-0.25, -0.2) is 0 Å². The van der Waals surface area contributed by atoms with E-state index in [-0.39, 0.29) is 12.4 Å². The summed E-state index contributed by atoms with van der Waals surface area (Å²) in [6.45, 7) is 5.79. The molecule has 0 saturated carbocycles. The molecule has 5 heteroatoms. The lowest BCUT2D eigenvalue weighted by Crippen LogP contribution is -2.19. The highest BCUT2D eigenvalue weighted by Gasteiger charge is 2.26. The molecular formula is C10H15Cl3O2. The van der Waals surface area contributed by atoms with Gasteiger partial charge in [-0.15, -0.1) is 23.2 Å². The van der Waals surface area contributed by atoms with Crippen molar-refractivity contribution in [2.24, 2.45) is 5.41 Å². The molecule has 88 valence electrons. The van der Waals surface area contributed by atoms with Gasteiger partial charge < -0.3 is 4.74 Å². The van der Waals surface area contributed by atoms with Gasteiger partial charge >= 0.3 is 5.97 Å². The molecule has 0 N–H and O–H groups in total. The first-order chi connectivity index (χ1) is 6.79. The smallest absolute Gasteiger partial charge is 0.306 e. The van der Waals surface area contributed by atoms with Crippen LogP contribution in [-0.4, -0.2) is 17.4 Å². The van der Waals surface area contributed by atoms with Crippen LogP contribution in [0.2, 0.25) is 0 Å². The molecule has 0 aliphatic carbocycles. The van der Waals surface area contributed by atoms with Crippen molar-refractivity contribution in [3.8, 4) is 0 Å². The monoisotopic (exact) mass is 272 g/mol. The van der Waals surface area contributed by atoms with Gasteiger partial charge in [-0.2, -0.15) is 0 Å². The second-order valence-electron chi connectivity index (χ2n) is 3.71. The lowest BCUT2D eigenvalue weighted by molar-refractivity contribution is -0.144. The normalized spacial score (nSPS) is 13.1. The van der Waals surface area contributed by atoms with E-state index in [0.717, 1.165) is 0 Å². The van der Waals surface area contributed by atoms with Gasteiger partial charge in [0.25, 0.3) is 0 Å².